The van der Waals surface area contributed by atoms with Crippen LogP contribution in [-0.2, 0) is 4.79 Å². The van der Waals surface area contributed by atoms with Gasteiger partial charge in [0, 0.05) is 37.0 Å². The molecule has 7 nitrogen and oxygen atoms in total. The van der Waals surface area contributed by atoms with Gasteiger partial charge in [0.05, 0.1) is 11.1 Å². The van der Waals surface area contributed by atoms with Gasteiger partial charge in [0.2, 0.25) is 5.91 Å². The third-order valence-electron chi connectivity index (χ3n) is 3.81. The second kappa shape index (κ2) is 7.22. The lowest BCUT2D eigenvalue weighted by molar-refractivity contribution is -0.118. The minimum Gasteiger partial charge on any atom is -0.507 e. The summed E-state index contributed by atoms with van der Waals surface area (Å²) in [5, 5.41) is 22.8. The molecule has 4 N–H and O–H groups in total. The highest BCUT2D eigenvalue weighted by Gasteiger charge is 2.16. The van der Waals surface area contributed by atoms with E-state index < -0.39 is 11.7 Å². The minimum atomic E-state index is -0.485. The Morgan fingerprint density at radius 1 is 1.19 bits per heavy atom. The average Bonchev–Trinajstić information content (AvgIpc) is 3.00. The van der Waals surface area contributed by atoms with Crippen molar-refractivity contribution >= 4 is 22.7 Å². The van der Waals surface area contributed by atoms with Gasteiger partial charge in [-0.05, 0) is 18.2 Å². The molecule has 0 aliphatic carbocycles. The lowest BCUT2D eigenvalue weighted by Gasteiger charge is -2.08. The van der Waals surface area contributed by atoms with E-state index in [-0.39, 0.29) is 30.3 Å². The largest absolute Gasteiger partial charge is 0.507 e. The number of rotatable bonds is 5. The van der Waals surface area contributed by atoms with Crippen LogP contribution < -0.4 is 10.6 Å². The van der Waals surface area contributed by atoms with Gasteiger partial charge in [-0.15, -0.1) is 0 Å². The SMILES string of the molecule is CC(=O)NCCNC(=O)c1cc2c(-c3cccc(F)c3)n[nH]c2cc1O. The molecule has 2 amide bonds. The monoisotopic (exact) mass is 356 g/mol. The molecule has 0 fully saturated rings. The van der Waals surface area contributed by atoms with Crippen LogP contribution in [0.4, 0.5) is 4.39 Å². The molecule has 0 radical (unpaired) electrons. The smallest absolute Gasteiger partial charge is 0.255 e. The lowest BCUT2D eigenvalue weighted by Crippen LogP contribution is -2.33. The fourth-order valence-electron chi connectivity index (χ4n) is 2.60. The first kappa shape index (κ1) is 17.4. The Morgan fingerprint density at radius 2 is 1.96 bits per heavy atom. The van der Waals surface area contributed by atoms with Crippen molar-refractivity contribution in [3.63, 3.8) is 0 Å². The van der Waals surface area contributed by atoms with Crippen LogP contribution >= 0.6 is 0 Å². The van der Waals surface area contributed by atoms with Crippen LogP contribution in [0.5, 0.6) is 5.75 Å². The van der Waals surface area contributed by atoms with Crippen molar-refractivity contribution in [2.24, 2.45) is 0 Å². The molecule has 0 bridgehead atoms. The van der Waals surface area contributed by atoms with E-state index in [1.54, 1.807) is 12.1 Å². The predicted molar refractivity (Wildman–Crippen MR) is 94.2 cm³/mol. The Balaban J connectivity index is 1.89. The van der Waals surface area contributed by atoms with Gasteiger partial charge >= 0.3 is 0 Å². The fourth-order valence-corrected chi connectivity index (χ4v) is 2.60. The molecule has 1 aromatic heterocycles. The maximum absolute atomic E-state index is 13.5. The van der Waals surface area contributed by atoms with Crippen LogP contribution in [0, 0.1) is 5.82 Å². The second-order valence-electron chi connectivity index (χ2n) is 5.74. The number of amides is 2. The van der Waals surface area contributed by atoms with Crippen LogP contribution in [0.25, 0.3) is 22.2 Å². The quantitative estimate of drug-likeness (QED) is 0.524. The van der Waals surface area contributed by atoms with Gasteiger partial charge in [0.15, 0.2) is 0 Å². The zero-order valence-corrected chi connectivity index (χ0v) is 14.0. The second-order valence-corrected chi connectivity index (χ2v) is 5.74. The van der Waals surface area contributed by atoms with Crippen molar-refractivity contribution in [3.8, 4) is 17.0 Å². The fraction of sp³-hybridized carbons (Fsp3) is 0.167. The summed E-state index contributed by atoms with van der Waals surface area (Å²) in [6, 6.07) is 8.85. The molecule has 8 heteroatoms. The highest BCUT2D eigenvalue weighted by atomic mass is 19.1. The van der Waals surface area contributed by atoms with E-state index in [1.807, 2.05) is 0 Å². The average molecular weight is 356 g/mol. The third-order valence-corrected chi connectivity index (χ3v) is 3.81. The zero-order chi connectivity index (χ0) is 18.7. The summed E-state index contributed by atoms with van der Waals surface area (Å²) in [5.41, 5.74) is 1.63. The number of hydrogen-bond acceptors (Lipinski definition) is 4. The van der Waals surface area contributed by atoms with Crippen LogP contribution in [0.2, 0.25) is 0 Å². The maximum atomic E-state index is 13.5. The van der Waals surface area contributed by atoms with Crippen molar-refractivity contribution in [1.29, 1.82) is 0 Å². The number of aromatic nitrogens is 2. The number of aromatic amines is 1. The number of nitrogens with zero attached hydrogens (tertiary/aromatic N) is 1. The highest BCUT2D eigenvalue weighted by Crippen LogP contribution is 2.31. The summed E-state index contributed by atoms with van der Waals surface area (Å²) in [4.78, 5) is 23.1. The van der Waals surface area contributed by atoms with E-state index in [0.29, 0.717) is 22.2 Å². The Kier molecular flexibility index (Phi) is 4.83. The molecule has 3 aromatic rings. The minimum absolute atomic E-state index is 0.0689. The van der Waals surface area contributed by atoms with Gasteiger partial charge in [0.1, 0.15) is 17.3 Å². The van der Waals surface area contributed by atoms with Crippen LogP contribution in [0.15, 0.2) is 36.4 Å². The molecule has 0 aliphatic heterocycles. The van der Waals surface area contributed by atoms with Gasteiger partial charge < -0.3 is 15.7 Å². The van der Waals surface area contributed by atoms with Crippen molar-refractivity contribution in [1.82, 2.24) is 20.8 Å². The summed E-state index contributed by atoms with van der Waals surface area (Å²) >= 11 is 0. The van der Waals surface area contributed by atoms with Crippen LogP contribution in [0.3, 0.4) is 0 Å². The number of carbonyl (C=O) groups is 2. The summed E-state index contributed by atoms with van der Waals surface area (Å²) < 4.78 is 13.5. The number of benzene rings is 2. The number of hydrogen-bond donors (Lipinski definition) is 4. The molecule has 0 aliphatic rings. The topological polar surface area (TPSA) is 107 Å². The van der Waals surface area contributed by atoms with E-state index in [4.69, 9.17) is 0 Å². The summed E-state index contributed by atoms with van der Waals surface area (Å²) in [6.07, 6.45) is 0. The Hall–Kier alpha value is -3.42. The molecule has 0 saturated heterocycles. The lowest BCUT2D eigenvalue weighted by atomic mass is 10.0. The normalized spacial score (nSPS) is 10.7. The summed E-state index contributed by atoms with van der Waals surface area (Å²) in [7, 11) is 0. The summed E-state index contributed by atoms with van der Waals surface area (Å²) in [6.45, 7) is 1.89. The van der Waals surface area contributed by atoms with Gasteiger partial charge in [-0.3, -0.25) is 14.7 Å². The Labute approximate surface area is 148 Å². The molecule has 134 valence electrons. The van der Waals surface area contributed by atoms with Crippen molar-refractivity contribution in [3.05, 3.63) is 47.8 Å². The standard InChI is InChI=1S/C18H17FN4O3/c1-10(24)20-5-6-21-18(26)14-8-13-15(9-16(14)25)22-23-17(13)11-3-2-4-12(19)7-11/h2-4,7-9,25H,5-6H2,1H3,(H,20,24)(H,21,26)(H,22,23). The number of nitrogens with one attached hydrogen (secondary N) is 3. The van der Waals surface area contributed by atoms with E-state index >= 15 is 0 Å². The van der Waals surface area contributed by atoms with Gasteiger partial charge in [0.25, 0.3) is 5.91 Å². The van der Waals surface area contributed by atoms with Crippen LogP contribution in [-0.4, -0.2) is 40.2 Å². The zero-order valence-electron chi connectivity index (χ0n) is 14.0. The van der Waals surface area contributed by atoms with E-state index in [1.165, 1.54) is 31.2 Å². The number of phenols is 1. The molecule has 0 atom stereocenters. The number of carbonyl (C=O) groups excluding carboxylic acids is 2. The van der Waals surface area contributed by atoms with Crippen molar-refractivity contribution < 1.29 is 19.1 Å². The Bertz CT molecular complexity index is 984. The molecule has 26 heavy (non-hydrogen) atoms. The van der Waals surface area contributed by atoms with Gasteiger partial charge in [-0.1, -0.05) is 12.1 Å². The van der Waals surface area contributed by atoms with Crippen molar-refractivity contribution in [2.75, 3.05) is 13.1 Å². The van der Waals surface area contributed by atoms with Crippen LogP contribution in [0.1, 0.15) is 17.3 Å². The molecule has 0 spiro atoms. The number of halogens is 1. The van der Waals surface area contributed by atoms with E-state index in [9.17, 15) is 19.1 Å². The molecular weight excluding hydrogens is 339 g/mol. The first-order valence-corrected chi connectivity index (χ1v) is 7.95. The van der Waals surface area contributed by atoms with Gasteiger partial charge in [-0.25, -0.2) is 4.39 Å². The first-order chi connectivity index (χ1) is 12.5. The number of aromatic hydroxyl groups is 1. The molecule has 2 aromatic carbocycles. The maximum Gasteiger partial charge on any atom is 0.255 e. The number of phenolic OH excluding ortho intramolecular Hbond substituents is 1. The Morgan fingerprint density at radius 3 is 2.69 bits per heavy atom. The molecule has 0 unspecified atom stereocenters. The molecule has 0 saturated carbocycles. The van der Waals surface area contributed by atoms with Crippen molar-refractivity contribution in [2.45, 2.75) is 6.92 Å². The third kappa shape index (κ3) is 3.64. The predicted octanol–water partition coefficient (Wildman–Crippen LogP) is 1.94. The van der Waals surface area contributed by atoms with Gasteiger partial charge in [-0.2, -0.15) is 5.10 Å². The van der Waals surface area contributed by atoms with E-state index in [2.05, 4.69) is 20.8 Å². The summed E-state index contributed by atoms with van der Waals surface area (Å²) in [5.74, 6) is -1.28. The van der Waals surface area contributed by atoms with E-state index in [0.717, 1.165) is 0 Å². The molecule has 1 heterocycles. The number of fused-ring (bicyclic) bond motifs is 1. The molecular formula is C18H17FN4O3. The highest BCUT2D eigenvalue weighted by molar-refractivity contribution is 6.03. The number of H-pyrrole nitrogens is 1. The molecule has 3 rings (SSSR count). The first-order valence-electron chi connectivity index (χ1n) is 7.95.